The van der Waals surface area contributed by atoms with Crippen molar-refractivity contribution in [2.24, 2.45) is 0 Å². The maximum absolute atomic E-state index is 12.1. The van der Waals surface area contributed by atoms with E-state index in [0.29, 0.717) is 11.3 Å². The summed E-state index contributed by atoms with van der Waals surface area (Å²) in [4.78, 5) is 12.1. The van der Waals surface area contributed by atoms with E-state index in [-0.39, 0.29) is 24.8 Å². The lowest BCUT2D eigenvalue weighted by atomic mass is 9.98. The van der Waals surface area contributed by atoms with Gasteiger partial charge < -0.3 is 19.9 Å². The zero-order valence-corrected chi connectivity index (χ0v) is 16.5. The second-order valence-electron chi connectivity index (χ2n) is 6.87. The number of nitrogens with one attached hydrogen (secondary N) is 1. The number of phenolic OH excluding ortho intramolecular Hbond substituents is 1. The van der Waals surface area contributed by atoms with Crippen LogP contribution in [-0.4, -0.2) is 31.5 Å². The molecule has 0 aliphatic heterocycles. The fourth-order valence-electron chi connectivity index (χ4n) is 3.70. The van der Waals surface area contributed by atoms with Crippen molar-refractivity contribution in [2.45, 2.75) is 5.92 Å². The summed E-state index contributed by atoms with van der Waals surface area (Å²) in [5.41, 5.74) is 5.26. The van der Waals surface area contributed by atoms with Crippen LogP contribution in [0.5, 0.6) is 11.5 Å². The molecule has 0 unspecified atom stereocenters. The maximum Gasteiger partial charge on any atom is 0.407 e. The smallest absolute Gasteiger partial charge is 0.407 e. The zero-order valence-electron chi connectivity index (χ0n) is 16.5. The molecule has 0 saturated carbocycles. The van der Waals surface area contributed by atoms with Gasteiger partial charge in [-0.2, -0.15) is 0 Å². The molecular weight excluding hydrogens is 378 g/mol. The molecule has 2 N–H and O–H groups in total. The van der Waals surface area contributed by atoms with E-state index in [1.54, 1.807) is 6.07 Å². The van der Waals surface area contributed by atoms with Gasteiger partial charge in [0.05, 0.1) is 19.2 Å². The summed E-state index contributed by atoms with van der Waals surface area (Å²) >= 11 is 0. The first-order valence-corrected chi connectivity index (χ1v) is 9.62. The van der Waals surface area contributed by atoms with Crippen LogP contribution < -0.4 is 10.1 Å². The van der Waals surface area contributed by atoms with E-state index in [4.69, 9.17) is 9.47 Å². The Morgan fingerprint density at radius 3 is 2.37 bits per heavy atom. The Bertz CT molecular complexity index is 1100. The molecule has 30 heavy (non-hydrogen) atoms. The second-order valence-corrected chi connectivity index (χ2v) is 6.87. The number of alkyl carbamates (subject to hydrolysis) is 1. The molecule has 4 rings (SSSR count). The van der Waals surface area contributed by atoms with Gasteiger partial charge in [0.25, 0.3) is 0 Å². The average molecular weight is 399 g/mol. The molecule has 1 aliphatic carbocycles. The summed E-state index contributed by atoms with van der Waals surface area (Å²) in [6, 6.07) is 21.1. The molecule has 0 spiro atoms. The summed E-state index contributed by atoms with van der Waals surface area (Å²) in [6.45, 7) is 0.378. The largest absolute Gasteiger partial charge is 0.508 e. The first-order valence-electron chi connectivity index (χ1n) is 9.62. The number of hydrogen-bond acceptors (Lipinski definition) is 4. The topological polar surface area (TPSA) is 67.8 Å². The van der Waals surface area contributed by atoms with Crippen molar-refractivity contribution in [3.8, 4) is 34.5 Å². The first kappa shape index (κ1) is 19.4. The Hall–Kier alpha value is -3.91. The third-order valence-corrected chi connectivity index (χ3v) is 5.07. The highest BCUT2D eigenvalue weighted by atomic mass is 16.5. The lowest BCUT2D eigenvalue weighted by Crippen LogP contribution is -2.26. The van der Waals surface area contributed by atoms with Crippen LogP contribution in [0, 0.1) is 11.8 Å². The highest BCUT2D eigenvalue weighted by molar-refractivity contribution is 5.79. The van der Waals surface area contributed by atoms with Crippen LogP contribution >= 0.6 is 0 Å². The Kier molecular flexibility index (Phi) is 5.58. The van der Waals surface area contributed by atoms with Gasteiger partial charge >= 0.3 is 6.09 Å². The standard InChI is InChI=1S/C25H21NO4/c1-29-24-13-12-18(27)15-17(24)7-6-14-26-25(28)30-16-23-21-10-4-2-8-19(21)20-9-3-5-11-22(20)23/h2-5,8-13,15,23,27H,14,16H2,1H3,(H,26,28). The molecule has 5 heteroatoms. The van der Waals surface area contributed by atoms with Crippen molar-refractivity contribution in [3.63, 3.8) is 0 Å². The molecule has 1 aliphatic rings. The molecule has 0 fully saturated rings. The van der Waals surface area contributed by atoms with Gasteiger partial charge in [-0.1, -0.05) is 60.4 Å². The number of ether oxygens (including phenoxy) is 2. The molecule has 5 nitrogen and oxygen atoms in total. The zero-order chi connectivity index (χ0) is 20.9. The Morgan fingerprint density at radius 1 is 1.03 bits per heavy atom. The monoisotopic (exact) mass is 399 g/mol. The quantitative estimate of drug-likeness (QED) is 0.642. The van der Waals surface area contributed by atoms with Crippen molar-refractivity contribution in [3.05, 3.63) is 83.4 Å². The van der Waals surface area contributed by atoms with Crippen LogP contribution in [-0.2, 0) is 4.74 Å². The number of benzene rings is 3. The lowest BCUT2D eigenvalue weighted by Gasteiger charge is -2.14. The summed E-state index contributed by atoms with van der Waals surface area (Å²) in [7, 11) is 1.53. The number of fused-ring (bicyclic) bond motifs is 3. The van der Waals surface area contributed by atoms with Crippen molar-refractivity contribution >= 4 is 6.09 Å². The molecule has 0 bridgehead atoms. The molecule has 0 saturated heterocycles. The minimum atomic E-state index is -0.519. The minimum Gasteiger partial charge on any atom is -0.508 e. The van der Waals surface area contributed by atoms with E-state index in [1.165, 1.54) is 41.5 Å². The molecule has 0 aromatic heterocycles. The van der Waals surface area contributed by atoms with Gasteiger partial charge in [-0.25, -0.2) is 4.79 Å². The van der Waals surface area contributed by atoms with Gasteiger partial charge in [-0.05, 0) is 40.5 Å². The van der Waals surface area contributed by atoms with E-state index in [9.17, 15) is 9.90 Å². The maximum atomic E-state index is 12.1. The summed E-state index contributed by atoms with van der Waals surface area (Å²) in [5, 5.41) is 12.2. The number of aromatic hydroxyl groups is 1. The summed E-state index contributed by atoms with van der Waals surface area (Å²) < 4.78 is 10.7. The summed E-state index contributed by atoms with van der Waals surface area (Å²) in [5.74, 6) is 6.40. The van der Waals surface area contributed by atoms with Crippen molar-refractivity contribution < 1.29 is 19.4 Å². The molecule has 3 aromatic rings. The fraction of sp³-hybridized carbons (Fsp3) is 0.160. The van der Waals surface area contributed by atoms with Crippen LogP contribution in [0.25, 0.3) is 11.1 Å². The van der Waals surface area contributed by atoms with Crippen molar-refractivity contribution in [2.75, 3.05) is 20.3 Å². The van der Waals surface area contributed by atoms with Gasteiger partial charge in [0.15, 0.2) is 0 Å². The number of carbonyl (C=O) groups excluding carboxylic acids is 1. The van der Waals surface area contributed by atoms with E-state index < -0.39 is 6.09 Å². The van der Waals surface area contributed by atoms with E-state index >= 15 is 0 Å². The number of hydrogen-bond donors (Lipinski definition) is 2. The third kappa shape index (κ3) is 3.94. The van der Waals surface area contributed by atoms with Gasteiger partial charge in [0, 0.05) is 5.92 Å². The predicted molar refractivity (Wildman–Crippen MR) is 115 cm³/mol. The van der Waals surface area contributed by atoms with Crippen molar-refractivity contribution in [1.82, 2.24) is 5.32 Å². The van der Waals surface area contributed by atoms with Crippen LogP contribution in [0.3, 0.4) is 0 Å². The van der Waals surface area contributed by atoms with Crippen LogP contribution in [0.4, 0.5) is 4.79 Å². The van der Waals surface area contributed by atoms with E-state index in [0.717, 1.165) is 0 Å². The Balaban J connectivity index is 1.36. The number of amides is 1. The molecule has 0 atom stereocenters. The number of phenols is 1. The highest BCUT2D eigenvalue weighted by Gasteiger charge is 2.28. The molecule has 150 valence electrons. The predicted octanol–water partition coefficient (Wildman–Crippen LogP) is 4.29. The Morgan fingerprint density at radius 2 is 1.70 bits per heavy atom. The van der Waals surface area contributed by atoms with E-state index in [1.807, 2.05) is 24.3 Å². The van der Waals surface area contributed by atoms with Gasteiger partial charge in [-0.3, -0.25) is 0 Å². The van der Waals surface area contributed by atoms with Gasteiger partial charge in [-0.15, -0.1) is 0 Å². The van der Waals surface area contributed by atoms with Gasteiger partial charge in [0.1, 0.15) is 18.1 Å². The molecule has 3 aromatic carbocycles. The van der Waals surface area contributed by atoms with Crippen LogP contribution in [0.2, 0.25) is 0 Å². The molecular formula is C25H21NO4. The highest BCUT2D eigenvalue weighted by Crippen LogP contribution is 2.44. The minimum absolute atomic E-state index is 0.0192. The fourth-order valence-corrected chi connectivity index (χ4v) is 3.70. The molecule has 0 radical (unpaired) electrons. The lowest BCUT2D eigenvalue weighted by molar-refractivity contribution is 0.144. The summed E-state index contributed by atoms with van der Waals surface area (Å²) in [6.07, 6.45) is -0.519. The number of rotatable bonds is 4. The first-order chi connectivity index (χ1) is 14.7. The second kappa shape index (κ2) is 8.62. The Labute approximate surface area is 175 Å². The van der Waals surface area contributed by atoms with Crippen molar-refractivity contribution in [1.29, 1.82) is 0 Å². The number of carbonyl (C=O) groups is 1. The number of methoxy groups -OCH3 is 1. The van der Waals surface area contributed by atoms with Crippen LogP contribution in [0.15, 0.2) is 66.7 Å². The third-order valence-electron chi connectivity index (χ3n) is 5.07. The average Bonchev–Trinajstić information content (AvgIpc) is 3.09. The SMILES string of the molecule is COc1ccc(O)cc1C#CCNC(=O)OCC1c2ccccc2-c2ccccc21. The normalized spacial score (nSPS) is 11.6. The molecule has 1 amide bonds. The van der Waals surface area contributed by atoms with Gasteiger partial charge in [0.2, 0.25) is 0 Å². The molecule has 0 heterocycles. The van der Waals surface area contributed by atoms with Crippen LogP contribution in [0.1, 0.15) is 22.6 Å². The van der Waals surface area contributed by atoms with E-state index in [2.05, 4.69) is 41.4 Å².